The third-order valence-corrected chi connectivity index (χ3v) is 0.971. The lowest BCUT2D eigenvalue weighted by Gasteiger charge is -2.04. The molecule has 2 N–H and O–H groups in total. The van der Waals surface area contributed by atoms with Crippen LogP contribution in [0.15, 0.2) is 24.5 Å². The number of hydrogen-bond acceptors (Lipinski definition) is 3. The molecular weight excluding hydrogens is 134 g/mol. The van der Waals surface area contributed by atoms with Gasteiger partial charge >= 0.3 is 0 Å². The van der Waals surface area contributed by atoms with Crippen LogP contribution in [0.1, 0.15) is 0 Å². The minimum Gasteiger partial charge on any atom is -0.367 e. The van der Waals surface area contributed by atoms with Crippen molar-refractivity contribution in [2.75, 3.05) is 0 Å². The molecule has 0 saturated carbocycles. The van der Waals surface area contributed by atoms with Crippen molar-refractivity contribution in [3.63, 3.8) is 0 Å². The van der Waals surface area contributed by atoms with E-state index in [2.05, 4.69) is 9.78 Å². The maximum absolute atomic E-state index is 10.4. The number of carbonyl (C=O) groups excluding carboxylic acids is 1. The molecule has 54 valence electrons. The standard InChI is InChI=1S/C6H7NO3/c7-6(8)5-3-1-2-4-9-10-5/h1-5H,(H2,7,8). The van der Waals surface area contributed by atoms with E-state index >= 15 is 0 Å². The molecule has 0 spiro atoms. The van der Waals surface area contributed by atoms with Gasteiger partial charge in [-0.15, -0.1) is 0 Å². The summed E-state index contributed by atoms with van der Waals surface area (Å²) in [6.45, 7) is 0. The van der Waals surface area contributed by atoms with Crippen molar-refractivity contribution >= 4 is 5.91 Å². The molecule has 1 rings (SSSR count). The maximum Gasteiger partial charge on any atom is 0.255 e. The molecule has 1 aliphatic heterocycles. The zero-order valence-corrected chi connectivity index (χ0v) is 5.19. The van der Waals surface area contributed by atoms with Gasteiger partial charge < -0.3 is 10.6 Å². The third-order valence-electron chi connectivity index (χ3n) is 0.971. The Morgan fingerprint density at radius 2 is 2.30 bits per heavy atom. The van der Waals surface area contributed by atoms with Gasteiger partial charge in [-0.1, -0.05) is 6.08 Å². The summed E-state index contributed by atoms with van der Waals surface area (Å²) in [5, 5.41) is 0. The van der Waals surface area contributed by atoms with Crippen LogP contribution in [0.2, 0.25) is 0 Å². The van der Waals surface area contributed by atoms with Crippen molar-refractivity contribution in [3.05, 3.63) is 24.5 Å². The molecule has 0 aromatic rings. The van der Waals surface area contributed by atoms with E-state index in [-0.39, 0.29) is 0 Å². The van der Waals surface area contributed by atoms with Crippen LogP contribution in [0.4, 0.5) is 0 Å². The quantitative estimate of drug-likeness (QED) is 0.517. The fourth-order valence-electron chi connectivity index (χ4n) is 0.509. The molecule has 4 heteroatoms. The van der Waals surface area contributed by atoms with Crippen LogP contribution in [-0.4, -0.2) is 12.0 Å². The molecule has 0 radical (unpaired) electrons. The fourth-order valence-corrected chi connectivity index (χ4v) is 0.509. The lowest BCUT2D eigenvalue weighted by Crippen LogP contribution is -2.28. The zero-order chi connectivity index (χ0) is 7.40. The van der Waals surface area contributed by atoms with E-state index in [0.717, 1.165) is 0 Å². The van der Waals surface area contributed by atoms with Crippen LogP contribution in [0, 0.1) is 0 Å². The second-order valence-electron chi connectivity index (χ2n) is 1.73. The molecule has 0 aromatic carbocycles. The Kier molecular flexibility index (Phi) is 2.07. The van der Waals surface area contributed by atoms with Gasteiger partial charge in [-0.25, -0.2) is 0 Å². The minimum atomic E-state index is -0.782. The first kappa shape index (κ1) is 6.82. The highest BCUT2D eigenvalue weighted by atomic mass is 17.2. The van der Waals surface area contributed by atoms with Gasteiger partial charge in [0.05, 0.1) is 0 Å². The SMILES string of the molecule is NC(=O)C1C=CC=COO1. The molecule has 0 bridgehead atoms. The van der Waals surface area contributed by atoms with Gasteiger partial charge in [-0.2, -0.15) is 4.89 Å². The number of hydrogen-bond donors (Lipinski definition) is 1. The van der Waals surface area contributed by atoms with Crippen molar-refractivity contribution in [2.45, 2.75) is 6.10 Å². The molecule has 1 amide bonds. The van der Waals surface area contributed by atoms with E-state index in [1.54, 1.807) is 12.2 Å². The number of nitrogens with two attached hydrogens (primary N) is 1. The van der Waals surface area contributed by atoms with Crippen LogP contribution >= 0.6 is 0 Å². The fraction of sp³-hybridized carbons (Fsp3) is 0.167. The summed E-state index contributed by atoms with van der Waals surface area (Å²) < 4.78 is 0. The highest BCUT2D eigenvalue weighted by Crippen LogP contribution is 1.99. The number of allylic oxidation sites excluding steroid dienone is 2. The molecule has 1 atom stereocenters. The molecule has 1 heterocycles. The van der Waals surface area contributed by atoms with Crippen LogP contribution in [0.25, 0.3) is 0 Å². The predicted octanol–water partition coefficient (Wildman–Crippen LogP) is -0.128. The summed E-state index contributed by atoms with van der Waals surface area (Å²) in [7, 11) is 0. The van der Waals surface area contributed by atoms with E-state index < -0.39 is 12.0 Å². The van der Waals surface area contributed by atoms with Crippen LogP contribution in [0.5, 0.6) is 0 Å². The summed E-state index contributed by atoms with van der Waals surface area (Å²) in [4.78, 5) is 19.4. The first-order chi connectivity index (χ1) is 4.80. The van der Waals surface area contributed by atoms with Gasteiger partial charge in [0.15, 0.2) is 0 Å². The Bertz CT molecular complexity index is 185. The largest absolute Gasteiger partial charge is 0.367 e. The van der Waals surface area contributed by atoms with Gasteiger partial charge in [0.2, 0.25) is 6.10 Å². The van der Waals surface area contributed by atoms with Crippen molar-refractivity contribution in [1.29, 1.82) is 0 Å². The molecule has 0 saturated heterocycles. The normalized spacial score (nSPS) is 23.4. The second kappa shape index (κ2) is 3.03. The van der Waals surface area contributed by atoms with Crippen LogP contribution in [-0.2, 0) is 14.6 Å². The molecule has 0 fully saturated rings. The summed E-state index contributed by atoms with van der Waals surface area (Å²) in [5.74, 6) is -0.569. The molecule has 10 heavy (non-hydrogen) atoms. The van der Waals surface area contributed by atoms with Crippen molar-refractivity contribution in [3.8, 4) is 0 Å². The predicted molar refractivity (Wildman–Crippen MR) is 33.4 cm³/mol. The summed E-state index contributed by atoms with van der Waals surface area (Å²) >= 11 is 0. The lowest BCUT2D eigenvalue weighted by molar-refractivity contribution is -0.263. The summed E-state index contributed by atoms with van der Waals surface area (Å²) in [6, 6.07) is 0. The van der Waals surface area contributed by atoms with Crippen molar-refractivity contribution in [2.24, 2.45) is 5.73 Å². The molecule has 0 aromatic heterocycles. The Hall–Kier alpha value is -1.29. The monoisotopic (exact) mass is 141 g/mol. The van der Waals surface area contributed by atoms with Gasteiger partial charge in [-0.05, 0) is 12.2 Å². The van der Waals surface area contributed by atoms with Crippen molar-refractivity contribution < 1.29 is 14.6 Å². The molecule has 4 nitrogen and oxygen atoms in total. The average Bonchev–Trinajstić information content (AvgIpc) is 2.12. The first-order valence-corrected chi connectivity index (χ1v) is 2.75. The number of primary amides is 1. The second-order valence-corrected chi connectivity index (χ2v) is 1.73. The zero-order valence-electron chi connectivity index (χ0n) is 5.19. The van der Waals surface area contributed by atoms with Gasteiger partial charge in [-0.3, -0.25) is 4.79 Å². The number of rotatable bonds is 1. The smallest absolute Gasteiger partial charge is 0.255 e. The van der Waals surface area contributed by atoms with Crippen molar-refractivity contribution in [1.82, 2.24) is 0 Å². The van der Waals surface area contributed by atoms with E-state index in [1.165, 1.54) is 12.3 Å². The lowest BCUT2D eigenvalue weighted by atomic mass is 10.3. The molecular formula is C6H7NO3. The third kappa shape index (κ3) is 1.60. The summed E-state index contributed by atoms with van der Waals surface area (Å²) in [5.41, 5.74) is 4.91. The number of carbonyl (C=O) groups is 1. The Labute approximate surface area is 57.8 Å². The van der Waals surface area contributed by atoms with E-state index in [1.807, 2.05) is 0 Å². The minimum absolute atomic E-state index is 0.569. The number of amides is 1. The molecule has 0 aliphatic carbocycles. The first-order valence-electron chi connectivity index (χ1n) is 2.75. The maximum atomic E-state index is 10.4. The highest BCUT2D eigenvalue weighted by Gasteiger charge is 2.13. The van der Waals surface area contributed by atoms with Gasteiger partial charge in [0, 0.05) is 0 Å². The molecule has 1 aliphatic rings. The molecule has 1 unspecified atom stereocenters. The Morgan fingerprint density at radius 1 is 1.50 bits per heavy atom. The van der Waals surface area contributed by atoms with Crippen LogP contribution < -0.4 is 5.73 Å². The Balaban J connectivity index is 2.56. The van der Waals surface area contributed by atoms with Gasteiger partial charge in [0.25, 0.3) is 5.91 Å². The Morgan fingerprint density at radius 3 is 3.00 bits per heavy atom. The van der Waals surface area contributed by atoms with E-state index in [9.17, 15) is 4.79 Å². The summed E-state index contributed by atoms with van der Waals surface area (Å²) in [6.07, 6.45) is 5.27. The van der Waals surface area contributed by atoms with Gasteiger partial charge in [0.1, 0.15) is 6.26 Å². The van der Waals surface area contributed by atoms with E-state index in [4.69, 9.17) is 5.73 Å². The average molecular weight is 141 g/mol. The topological polar surface area (TPSA) is 61.6 Å². The highest BCUT2D eigenvalue weighted by molar-refractivity contribution is 5.80. The van der Waals surface area contributed by atoms with Crippen LogP contribution in [0.3, 0.4) is 0 Å². The van der Waals surface area contributed by atoms with E-state index in [0.29, 0.717) is 0 Å².